The van der Waals surface area contributed by atoms with E-state index in [1.807, 2.05) is 77.5 Å². The minimum Gasteiger partial charge on any atom is -0.350 e. The van der Waals surface area contributed by atoms with Gasteiger partial charge in [-0.2, -0.15) is 5.10 Å². The molecule has 0 saturated carbocycles. The first-order valence-electron chi connectivity index (χ1n) is 12.5. The Kier molecular flexibility index (Phi) is 7.38. The molecular formula is C29H31N5O2. The molecule has 1 aliphatic rings. The van der Waals surface area contributed by atoms with Gasteiger partial charge in [0.2, 0.25) is 5.91 Å². The Labute approximate surface area is 211 Å². The number of piperidine rings is 1. The van der Waals surface area contributed by atoms with Crippen LogP contribution in [0.4, 0.5) is 5.69 Å². The molecule has 0 unspecified atom stereocenters. The first-order chi connectivity index (χ1) is 17.7. The molecule has 0 aliphatic carbocycles. The van der Waals surface area contributed by atoms with Gasteiger partial charge < -0.3 is 10.6 Å². The Morgan fingerprint density at radius 2 is 1.53 bits per heavy atom. The summed E-state index contributed by atoms with van der Waals surface area (Å²) in [6, 6.07) is 27.5. The molecule has 3 aromatic carbocycles. The number of likely N-dealkylation sites (tertiary alicyclic amines) is 1. The Balaban J connectivity index is 1.14. The van der Waals surface area contributed by atoms with Gasteiger partial charge in [-0.15, -0.1) is 0 Å². The molecule has 0 atom stereocenters. The van der Waals surface area contributed by atoms with Crippen LogP contribution in [0.2, 0.25) is 0 Å². The van der Waals surface area contributed by atoms with E-state index in [1.54, 1.807) is 0 Å². The molecule has 2 N–H and O–H groups in total. The third kappa shape index (κ3) is 5.80. The van der Waals surface area contributed by atoms with Gasteiger partial charge in [-0.25, -0.2) is 0 Å². The average molecular weight is 482 g/mol. The molecule has 36 heavy (non-hydrogen) atoms. The van der Waals surface area contributed by atoms with Crippen LogP contribution in [-0.2, 0) is 11.3 Å². The van der Waals surface area contributed by atoms with Gasteiger partial charge in [-0.3, -0.25) is 19.2 Å². The standard InChI is InChI=1S/C29H31N5O2/c35-27(31-24-11-5-2-6-12-24)21-33-17-15-22(16-18-33)19-30-29(36)28-25-13-7-8-14-26(25)34(32-28)20-23-9-3-1-4-10-23/h1-14,22H,15-21H2,(H,30,36)(H,31,35). The quantitative estimate of drug-likeness (QED) is 0.396. The number of hydrogen-bond donors (Lipinski definition) is 2. The van der Waals surface area contributed by atoms with Crippen molar-refractivity contribution in [2.75, 3.05) is 31.5 Å². The zero-order valence-electron chi connectivity index (χ0n) is 20.3. The van der Waals surface area contributed by atoms with E-state index in [9.17, 15) is 9.59 Å². The van der Waals surface area contributed by atoms with Gasteiger partial charge in [-0.05, 0) is 55.6 Å². The summed E-state index contributed by atoms with van der Waals surface area (Å²) >= 11 is 0. The SMILES string of the molecule is O=C(CN1CCC(CNC(=O)c2nn(Cc3ccccc3)c3ccccc23)CC1)Nc1ccccc1. The lowest BCUT2D eigenvalue weighted by Crippen LogP contribution is -2.42. The number of amides is 2. The van der Waals surface area contributed by atoms with Crippen LogP contribution in [0.25, 0.3) is 10.9 Å². The first kappa shape index (κ1) is 23.8. The molecule has 184 valence electrons. The van der Waals surface area contributed by atoms with Crippen molar-refractivity contribution < 1.29 is 9.59 Å². The van der Waals surface area contributed by atoms with Gasteiger partial charge in [0.1, 0.15) is 0 Å². The highest BCUT2D eigenvalue weighted by atomic mass is 16.2. The van der Waals surface area contributed by atoms with E-state index in [-0.39, 0.29) is 11.8 Å². The van der Waals surface area contributed by atoms with Crippen LogP contribution < -0.4 is 10.6 Å². The molecule has 1 saturated heterocycles. The summed E-state index contributed by atoms with van der Waals surface area (Å²) in [6.07, 6.45) is 1.89. The molecule has 7 nitrogen and oxygen atoms in total. The van der Waals surface area contributed by atoms with Crippen LogP contribution in [0.5, 0.6) is 0 Å². The highest BCUT2D eigenvalue weighted by Crippen LogP contribution is 2.21. The number of aromatic nitrogens is 2. The maximum atomic E-state index is 13.1. The van der Waals surface area contributed by atoms with Crippen molar-refractivity contribution in [3.8, 4) is 0 Å². The van der Waals surface area contributed by atoms with E-state index >= 15 is 0 Å². The minimum absolute atomic E-state index is 0.00548. The highest BCUT2D eigenvalue weighted by molar-refractivity contribution is 6.04. The van der Waals surface area contributed by atoms with Crippen molar-refractivity contribution in [3.63, 3.8) is 0 Å². The maximum absolute atomic E-state index is 13.1. The van der Waals surface area contributed by atoms with E-state index in [1.165, 1.54) is 0 Å². The van der Waals surface area contributed by atoms with Crippen molar-refractivity contribution in [2.45, 2.75) is 19.4 Å². The summed E-state index contributed by atoms with van der Waals surface area (Å²) in [5.41, 5.74) is 3.38. The largest absolute Gasteiger partial charge is 0.350 e. The molecule has 1 aliphatic heterocycles. The molecule has 0 radical (unpaired) electrons. The predicted molar refractivity (Wildman–Crippen MR) is 142 cm³/mol. The van der Waals surface area contributed by atoms with E-state index in [4.69, 9.17) is 0 Å². The molecule has 1 aromatic heterocycles. The molecule has 1 fully saturated rings. The summed E-state index contributed by atoms with van der Waals surface area (Å²) in [7, 11) is 0. The van der Waals surface area contributed by atoms with Crippen LogP contribution in [-0.4, -0.2) is 52.7 Å². The summed E-state index contributed by atoms with van der Waals surface area (Å²) in [6.45, 7) is 3.31. The molecule has 5 rings (SSSR count). The summed E-state index contributed by atoms with van der Waals surface area (Å²) < 4.78 is 1.90. The third-order valence-corrected chi connectivity index (χ3v) is 6.73. The van der Waals surface area contributed by atoms with E-state index in [2.05, 4.69) is 32.8 Å². The van der Waals surface area contributed by atoms with Crippen molar-refractivity contribution >= 4 is 28.4 Å². The lowest BCUT2D eigenvalue weighted by atomic mass is 9.96. The fourth-order valence-electron chi connectivity index (χ4n) is 4.77. The number of rotatable bonds is 8. The number of carbonyl (C=O) groups is 2. The van der Waals surface area contributed by atoms with Gasteiger partial charge in [0.05, 0.1) is 18.6 Å². The third-order valence-electron chi connectivity index (χ3n) is 6.73. The fourth-order valence-corrected chi connectivity index (χ4v) is 4.77. The lowest BCUT2D eigenvalue weighted by Gasteiger charge is -2.31. The summed E-state index contributed by atoms with van der Waals surface area (Å²) in [5.74, 6) is 0.258. The number of anilines is 1. The Hall–Kier alpha value is -3.97. The molecule has 4 aromatic rings. The number of nitrogens with one attached hydrogen (secondary N) is 2. The van der Waals surface area contributed by atoms with Crippen LogP contribution in [0, 0.1) is 5.92 Å². The zero-order valence-corrected chi connectivity index (χ0v) is 20.3. The average Bonchev–Trinajstić information content (AvgIpc) is 3.28. The second-order valence-electron chi connectivity index (χ2n) is 9.35. The molecule has 0 bridgehead atoms. The summed E-state index contributed by atoms with van der Waals surface area (Å²) in [4.78, 5) is 27.6. The van der Waals surface area contributed by atoms with Gasteiger partial charge in [0.25, 0.3) is 5.91 Å². The number of fused-ring (bicyclic) bond motifs is 1. The van der Waals surface area contributed by atoms with Crippen molar-refractivity contribution in [2.24, 2.45) is 5.92 Å². The molecule has 7 heteroatoms. The minimum atomic E-state index is -0.136. The Morgan fingerprint density at radius 3 is 2.28 bits per heavy atom. The van der Waals surface area contributed by atoms with Crippen molar-refractivity contribution in [1.29, 1.82) is 0 Å². The second kappa shape index (κ2) is 11.2. The van der Waals surface area contributed by atoms with E-state index in [0.29, 0.717) is 31.2 Å². The van der Waals surface area contributed by atoms with Gasteiger partial charge in [0.15, 0.2) is 5.69 Å². The van der Waals surface area contributed by atoms with Crippen LogP contribution >= 0.6 is 0 Å². The van der Waals surface area contributed by atoms with Gasteiger partial charge in [-0.1, -0.05) is 66.7 Å². The van der Waals surface area contributed by atoms with Crippen molar-refractivity contribution in [1.82, 2.24) is 20.0 Å². The predicted octanol–water partition coefficient (Wildman–Crippen LogP) is 4.17. The Bertz CT molecular complexity index is 1310. The molecule has 2 amide bonds. The van der Waals surface area contributed by atoms with Crippen LogP contribution in [0.3, 0.4) is 0 Å². The number of hydrogen-bond acceptors (Lipinski definition) is 4. The van der Waals surface area contributed by atoms with Gasteiger partial charge in [0, 0.05) is 17.6 Å². The molecular weight excluding hydrogens is 450 g/mol. The molecule has 0 spiro atoms. The van der Waals surface area contributed by atoms with E-state index < -0.39 is 0 Å². The second-order valence-corrected chi connectivity index (χ2v) is 9.35. The highest BCUT2D eigenvalue weighted by Gasteiger charge is 2.23. The molecule has 2 heterocycles. The smallest absolute Gasteiger partial charge is 0.272 e. The number of para-hydroxylation sites is 2. The normalized spacial score (nSPS) is 14.6. The topological polar surface area (TPSA) is 79.3 Å². The lowest BCUT2D eigenvalue weighted by molar-refractivity contribution is -0.117. The first-order valence-corrected chi connectivity index (χ1v) is 12.5. The fraction of sp³-hybridized carbons (Fsp3) is 0.276. The monoisotopic (exact) mass is 481 g/mol. The van der Waals surface area contributed by atoms with Gasteiger partial charge >= 0.3 is 0 Å². The van der Waals surface area contributed by atoms with Crippen LogP contribution in [0.15, 0.2) is 84.9 Å². The zero-order chi connectivity index (χ0) is 24.7. The number of nitrogens with zero attached hydrogens (tertiary/aromatic N) is 3. The summed E-state index contributed by atoms with van der Waals surface area (Å²) in [5, 5.41) is 11.6. The number of benzene rings is 3. The van der Waals surface area contributed by atoms with Crippen LogP contribution in [0.1, 0.15) is 28.9 Å². The Morgan fingerprint density at radius 1 is 0.861 bits per heavy atom. The number of carbonyl (C=O) groups excluding carboxylic acids is 2. The van der Waals surface area contributed by atoms with E-state index in [0.717, 1.165) is 48.1 Å². The van der Waals surface area contributed by atoms with Crippen molar-refractivity contribution in [3.05, 3.63) is 96.2 Å². The maximum Gasteiger partial charge on any atom is 0.272 e.